The van der Waals surface area contributed by atoms with Gasteiger partial charge in [0.25, 0.3) is 0 Å². The molecule has 0 saturated heterocycles. The number of amides is 1. The Balaban J connectivity index is 2.21. The minimum Gasteiger partial charge on any atom is -0.355 e. The maximum atomic E-state index is 11.8. The Hall–Kier alpha value is -1.00. The van der Waals surface area contributed by atoms with Gasteiger partial charge in [-0.1, -0.05) is 37.3 Å². The molecule has 0 saturated carbocycles. The number of carbonyl (C=O) groups is 1. The summed E-state index contributed by atoms with van der Waals surface area (Å²) in [6.07, 6.45) is 4.60. The molecule has 1 rings (SSSR count). The fourth-order valence-corrected chi connectivity index (χ4v) is 2.10. The van der Waals surface area contributed by atoms with Crippen LogP contribution in [0, 0.1) is 0 Å². The molecule has 3 N–H and O–H groups in total. The fraction of sp³-hybridized carbons (Fsp3) is 0.533. The molecule has 0 aliphatic carbocycles. The maximum absolute atomic E-state index is 11.8. The molecular formula is C15H24N2OS. The van der Waals surface area contributed by atoms with Crippen LogP contribution in [0.15, 0.2) is 30.3 Å². The van der Waals surface area contributed by atoms with Gasteiger partial charge in [-0.2, -0.15) is 11.8 Å². The van der Waals surface area contributed by atoms with E-state index in [1.54, 1.807) is 0 Å². The molecule has 2 unspecified atom stereocenters. The average Bonchev–Trinajstić information content (AvgIpc) is 2.45. The van der Waals surface area contributed by atoms with Crippen molar-refractivity contribution in [1.82, 2.24) is 5.32 Å². The van der Waals surface area contributed by atoms with Crippen LogP contribution in [0.3, 0.4) is 0 Å². The molecule has 0 fully saturated rings. The molecule has 1 amide bonds. The summed E-state index contributed by atoms with van der Waals surface area (Å²) in [6, 6.07) is 9.71. The van der Waals surface area contributed by atoms with Crippen LogP contribution in [-0.4, -0.2) is 30.0 Å². The minimum absolute atomic E-state index is 0.0377. The molecule has 0 aliphatic rings. The van der Waals surface area contributed by atoms with Crippen molar-refractivity contribution in [3.05, 3.63) is 35.9 Å². The standard InChI is InChI=1S/C15H24N2OS/c1-12(19-2)10-11-17-15(18)14(16)9-8-13-6-4-3-5-7-13/h3-7,12,14H,8-11,16H2,1-2H3,(H,17,18). The van der Waals surface area contributed by atoms with Crippen LogP contribution in [0.4, 0.5) is 0 Å². The highest BCUT2D eigenvalue weighted by Crippen LogP contribution is 2.08. The first-order valence-electron chi connectivity index (χ1n) is 6.73. The van der Waals surface area contributed by atoms with Gasteiger partial charge >= 0.3 is 0 Å². The normalized spacial score (nSPS) is 13.8. The number of rotatable bonds is 8. The number of hydrogen-bond donors (Lipinski definition) is 2. The Morgan fingerprint density at radius 2 is 2.00 bits per heavy atom. The number of thioether (sulfide) groups is 1. The SMILES string of the molecule is CSC(C)CCNC(=O)C(N)CCc1ccccc1. The topological polar surface area (TPSA) is 55.1 Å². The quantitative estimate of drug-likeness (QED) is 0.767. The van der Waals surface area contributed by atoms with Gasteiger partial charge in [-0.3, -0.25) is 4.79 Å². The average molecular weight is 280 g/mol. The van der Waals surface area contributed by atoms with E-state index in [0.717, 1.165) is 12.8 Å². The molecule has 0 aromatic heterocycles. The van der Waals surface area contributed by atoms with Crippen molar-refractivity contribution >= 4 is 17.7 Å². The Morgan fingerprint density at radius 1 is 1.32 bits per heavy atom. The Labute approximate surface area is 120 Å². The Bertz CT molecular complexity index is 370. The molecule has 0 spiro atoms. The molecule has 2 atom stereocenters. The second-order valence-corrected chi connectivity index (χ2v) is 6.03. The first kappa shape index (κ1) is 16.1. The zero-order valence-electron chi connectivity index (χ0n) is 11.8. The summed E-state index contributed by atoms with van der Waals surface area (Å²) in [5.41, 5.74) is 7.12. The first-order chi connectivity index (χ1) is 9.13. The number of aryl methyl sites for hydroxylation is 1. The third-order valence-electron chi connectivity index (χ3n) is 3.18. The number of benzene rings is 1. The molecule has 0 heterocycles. The van der Waals surface area contributed by atoms with Gasteiger partial charge in [0, 0.05) is 11.8 Å². The van der Waals surface area contributed by atoms with Crippen molar-refractivity contribution in [3.8, 4) is 0 Å². The van der Waals surface area contributed by atoms with Crippen molar-refractivity contribution in [3.63, 3.8) is 0 Å². The summed E-state index contributed by atoms with van der Waals surface area (Å²) in [4.78, 5) is 11.8. The van der Waals surface area contributed by atoms with Crippen molar-refractivity contribution < 1.29 is 4.79 Å². The third-order valence-corrected chi connectivity index (χ3v) is 4.22. The van der Waals surface area contributed by atoms with Gasteiger partial charge < -0.3 is 11.1 Å². The van der Waals surface area contributed by atoms with Crippen molar-refractivity contribution in [1.29, 1.82) is 0 Å². The Morgan fingerprint density at radius 3 is 2.63 bits per heavy atom. The second kappa shape index (κ2) is 8.99. The number of hydrogen-bond acceptors (Lipinski definition) is 3. The van der Waals surface area contributed by atoms with Crippen molar-refractivity contribution in [2.45, 2.75) is 37.5 Å². The van der Waals surface area contributed by atoms with E-state index in [1.165, 1.54) is 5.56 Å². The fourth-order valence-electron chi connectivity index (χ4n) is 1.75. The van der Waals surface area contributed by atoms with Crippen molar-refractivity contribution in [2.24, 2.45) is 5.73 Å². The molecule has 0 radical (unpaired) electrons. The van der Waals surface area contributed by atoms with Gasteiger partial charge in [-0.25, -0.2) is 0 Å². The van der Waals surface area contributed by atoms with Crippen LogP contribution in [0.1, 0.15) is 25.3 Å². The maximum Gasteiger partial charge on any atom is 0.236 e. The summed E-state index contributed by atoms with van der Waals surface area (Å²) in [6.45, 7) is 2.87. The van der Waals surface area contributed by atoms with Gasteiger partial charge in [0.2, 0.25) is 5.91 Å². The van der Waals surface area contributed by atoms with E-state index < -0.39 is 6.04 Å². The molecule has 106 valence electrons. The lowest BCUT2D eigenvalue weighted by Gasteiger charge is -2.13. The highest BCUT2D eigenvalue weighted by molar-refractivity contribution is 7.99. The van der Waals surface area contributed by atoms with E-state index in [9.17, 15) is 4.79 Å². The first-order valence-corrected chi connectivity index (χ1v) is 8.02. The van der Waals surface area contributed by atoms with Crippen LogP contribution in [0.5, 0.6) is 0 Å². The summed E-state index contributed by atoms with van der Waals surface area (Å²) in [5.74, 6) is -0.0377. The van der Waals surface area contributed by atoms with Crippen LogP contribution >= 0.6 is 11.8 Å². The molecule has 4 heteroatoms. The van der Waals surface area contributed by atoms with E-state index >= 15 is 0 Å². The van der Waals surface area contributed by atoms with Crippen LogP contribution in [0.2, 0.25) is 0 Å². The molecule has 0 bridgehead atoms. The van der Waals surface area contributed by atoms with Gasteiger partial charge in [0.15, 0.2) is 0 Å². The van der Waals surface area contributed by atoms with Gasteiger partial charge in [0.05, 0.1) is 6.04 Å². The molecule has 1 aromatic rings. The molecule has 1 aromatic carbocycles. The summed E-state index contributed by atoms with van der Waals surface area (Å²) < 4.78 is 0. The zero-order chi connectivity index (χ0) is 14.1. The predicted octanol–water partition coefficient (Wildman–Crippen LogP) is 2.20. The lowest BCUT2D eigenvalue weighted by atomic mass is 10.1. The van der Waals surface area contributed by atoms with E-state index in [0.29, 0.717) is 18.2 Å². The zero-order valence-corrected chi connectivity index (χ0v) is 12.6. The molecule has 0 aliphatic heterocycles. The summed E-state index contributed by atoms with van der Waals surface area (Å²) in [7, 11) is 0. The summed E-state index contributed by atoms with van der Waals surface area (Å²) in [5, 5.41) is 3.48. The lowest BCUT2D eigenvalue weighted by molar-refractivity contribution is -0.122. The third kappa shape index (κ3) is 6.64. The monoisotopic (exact) mass is 280 g/mol. The van der Waals surface area contributed by atoms with Gasteiger partial charge in [-0.15, -0.1) is 0 Å². The van der Waals surface area contributed by atoms with E-state index in [4.69, 9.17) is 5.73 Å². The largest absolute Gasteiger partial charge is 0.355 e. The van der Waals surface area contributed by atoms with Gasteiger partial charge in [0.1, 0.15) is 0 Å². The van der Waals surface area contributed by atoms with E-state index in [1.807, 2.05) is 30.0 Å². The number of nitrogens with one attached hydrogen (secondary N) is 1. The molecule has 3 nitrogen and oxygen atoms in total. The number of carbonyl (C=O) groups excluding carboxylic acids is 1. The van der Waals surface area contributed by atoms with Crippen LogP contribution in [0.25, 0.3) is 0 Å². The lowest BCUT2D eigenvalue weighted by Crippen LogP contribution is -2.41. The highest BCUT2D eigenvalue weighted by Gasteiger charge is 2.12. The van der Waals surface area contributed by atoms with Crippen LogP contribution < -0.4 is 11.1 Å². The number of nitrogens with two attached hydrogens (primary N) is 1. The minimum atomic E-state index is -0.412. The Kier molecular flexibility index (Phi) is 7.60. The predicted molar refractivity (Wildman–Crippen MR) is 83.3 cm³/mol. The summed E-state index contributed by atoms with van der Waals surface area (Å²) >= 11 is 1.81. The van der Waals surface area contributed by atoms with Crippen molar-refractivity contribution in [2.75, 3.05) is 12.8 Å². The molecule has 19 heavy (non-hydrogen) atoms. The van der Waals surface area contributed by atoms with Crippen LogP contribution in [-0.2, 0) is 11.2 Å². The highest BCUT2D eigenvalue weighted by atomic mass is 32.2. The molecular weight excluding hydrogens is 256 g/mol. The second-order valence-electron chi connectivity index (χ2n) is 4.76. The smallest absolute Gasteiger partial charge is 0.236 e. The van der Waals surface area contributed by atoms with E-state index in [2.05, 4.69) is 30.6 Å². The van der Waals surface area contributed by atoms with Gasteiger partial charge in [-0.05, 0) is 31.1 Å². The van der Waals surface area contributed by atoms with E-state index in [-0.39, 0.29) is 5.91 Å².